The summed E-state index contributed by atoms with van der Waals surface area (Å²) in [5.74, 6) is 0.150. The molecular weight excluding hydrogens is 270 g/mol. The molecule has 0 aromatic carbocycles. The van der Waals surface area contributed by atoms with E-state index in [0.717, 1.165) is 30.1 Å². The maximum Gasteiger partial charge on any atom is 0.221 e. The highest BCUT2D eigenvalue weighted by atomic mass is 32.1. The van der Waals surface area contributed by atoms with Crippen LogP contribution < -0.4 is 10.6 Å². The maximum atomic E-state index is 11.8. The molecule has 1 fully saturated rings. The number of thiazole rings is 1. The molecule has 1 amide bonds. The van der Waals surface area contributed by atoms with Gasteiger partial charge in [0.05, 0.1) is 10.7 Å². The molecule has 0 spiro atoms. The van der Waals surface area contributed by atoms with Gasteiger partial charge in [-0.3, -0.25) is 4.79 Å². The molecule has 0 radical (unpaired) electrons. The molecule has 2 N–H and O–H groups in total. The minimum Gasteiger partial charge on any atom is -0.356 e. The summed E-state index contributed by atoms with van der Waals surface area (Å²) in [6.45, 7) is 8.24. The number of hydrogen-bond acceptors (Lipinski definition) is 4. The predicted octanol–water partition coefficient (Wildman–Crippen LogP) is 2.24. The van der Waals surface area contributed by atoms with Crippen LogP contribution in [-0.4, -0.2) is 30.0 Å². The third-order valence-corrected chi connectivity index (χ3v) is 4.48. The van der Waals surface area contributed by atoms with E-state index in [0.29, 0.717) is 19.0 Å². The third-order valence-electron chi connectivity index (χ3n) is 3.58. The fraction of sp³-hybridized carbons (Fsp3) is 0.733. The minimum absolute atomic E-state index is 0.103. The molecule has 0 saturated carbocycles. The summed E-state index contributed by atoms with van der Waals surface area (Å²) in [6.07, 6.45) is 3.73. The van der Waals surface area contributed by atoms with Crippen molar-refractivity contribution in [3.05, 3.63) is 16.1 Å². The van der Waals surface area contributed by atoms with E-state index in [2.05, 4.69) is 41.8 Å². The summed E-state index contributed by atoms with van der Waals surface area (Å²) in [5.41, 5.74) is 1.24. The molecule has 1 aliphatic rings. The van der Waals surface area contributed by atoms with Gasteiger partial charge in [-0.05, 0) is 19.4 Å². The summed E-state index contributed by atoms with van der Waals surface area (Å²) >= 11 is 1.69. The average molecular weight is 295 g/mol. The fourth-order valence-electron chi connectivity index (χ4n) is 2.31. The Morgan fingerprint density at radius 2 is 2.35 bits per heavy atom. The van der Waals surface area contributed by atoms with E-state index in [1.807, 2.05) is 0 Å². The second-order valence-electron chi connectivity index (χ2n) is 6.47. The van der Waals surface area contributed by atoms with E-state index in [1.165, 1.54) is 6.42 Å². The van der Waals surface area contributed by atoms with Crippen molar-refractivity contribution in [1.82, 2.24) is 15.6 Å². The number of nitrogens with one attached hydrogen (secondary N) is 2. The van der Waals surface area contributed by atoms with Gasteiger partial charge in [0.15, 0.2) is 0 Å². The standard InChI is InChI=1S/C15H25N3OS/c1-15(2,3)12-10-20-14(18-12)6-8-17-13(19)9-11-5-4-7-16-11/h10-11,16H,4-9H2,1-3H3,(H,17,19). The SMILES string of the molecule is CC(C)(C)c1csc(CCNC(=O)CC2CCCN2)n1. The molecule has 112 valence electrons. The molecule has 0 aliphatic carbocycles. The minimum atomic E-state index is 0.103. The predicted molar refractivity (Wildman–Crippen MR) is 83.2 cm³/mol. The smallest absolute Gasteiger partial charge is 0.221 e. The van der Waals surface area contributed by atoms with Gasteiger partial charge >= 0.3 is 0 Å². The summed E-state index contributed by atoms with van der Waals surface area (Å²) in [6, 6.07) is 0.377. The lowest BCUT2D eigenvalue weighted by Crippen LogP contribution is -2.32. The summed E-state index contributed by atoms with van der Waals surface area (Å²) in [7, 11) is 0. The first-order chi connectivity index (χ1) is 9.45. The van der Waals surface area contributed by atoms with Gasteiger partial charge in [0.25, 0.3) is 0 Å². The van der Waals surface area contributed by atoms with Crippen molar-refractivity contribution in [2.75, 3.05) is 13.1 Å². The van der Waals surface area contributed by atoms with Crippen LogP contribution in [-0.2, 0) is 16.6 Å². The number of aromatic nitrogens is 1. The molecule has 0 bridgehead atoms. The van der Waals surface area contributed by atoms with Crippen molar-refractivity contribution in [1.29, 1.82) is 0 Å². The molecule has 1 atom stereocenters. The van der Waals surface area contributed by atoms with E-state index in [-0.39, 0.29) is 11.3 Å². The van der Waals surface area contributed by atoms with Gasteiger partial charge in [0.2, 0.25) is 5.91 Å². The molecule has 1 unspecified atom stereocenters. The second kappa shape index (κ2) is 6.68. The molecule has 1 aromatic rings. The lowest BCUT2D eigenvalue weighted by atomic mass is 9.93. The van der Waals surface area contributed by atoms with Gasteiger partial charge < -0.3 is 10.6 Å². The molecular formula is C15H25N3OS. The average Bonchev–Trinajstić information content (AvgIpc) is 2.98. The highest BCUT2D eigenvalue weighted by Gasteiger charge is 2.18. The van der Waals surface area contributed by atoms with Crippen LogP contribution in [0.1, 0.15) is 50.7 Å². The largest absolute Gasteiger partial charge is 0.356 e. The molecule has 1 aliphatic heterocycles. The van der Waals surface area contributed by atoms with E-state index in [9.17, 15) is 4.79 Å². The van der Waals surface area contributed by atoms with Gasteiger partial charge in [-0.2, -0.15) is 0 Å². The summed E-state index contributed by atoms with van der Waals surface area (Å²) < 4.78 is 0. The van der Waals surface area contributed by atoms with Crippen LogP contribution in [0.2, 0.25) is 0 Å². The first-order valence-corrected chi connectivity index (χ1v) is 8.28. The lowest BCUT2D eigenvalue weighted by Gasteiger charge is -2.14. The Morgan fingerprint density at radius 1 is 1.55 bits per heavy atom. The van der Waals surface area contributed by atoms with E-state index >= 15 is 0 Å². The van der Waals surface area contributed by atoms with Crippen molar-refractivity contribution in [2.24, 2.45) is 0 Å². The molecule has 2 rings (SSSR count). The van der Waals surface area contributed by atoms with E-state index in [1.54, 1.807) is 11.3 Å². The maximum absolute atomic E-state index is 11.8. The number of rotatable bonds is 5. The molecule has 20 heavy (non-hydrogen) atoms. The number of nitrogens with zero attached hydrogens (tertiary/aromatic N) is 1. The topological polar surface area (TPSA) is 54.0 Å². The van der Waals surface area contributed by atoms with Crippen LogP contribution in [0.25, 0.3) is 0 Å². The lowest BCUT2D eigenvalue weighted by molar-refractivity contribution is -0.121. The Bertz CT molecular complexity index is 444. The Morgan fingerprint density at radius 3 is 2.95 bits per heavy atom. The van der Waals surface area contributed by atoms with Crippen molar-refractivity contribution < 1.29 is 4.79 Å². The van der Waals surface area contributed by atoms with Gasteiger partial charge in [-0.25, -0.2) is 4.98 Å². The molecule has 1 saturated heterocycles. The van der Waals surface area contributed by atoms with Crippen LogP contribution in [0.4, 0.5) is 0 Å². The summed E-state index contributed by atoms with van der Waals surface area (Å²) in [5, 5.41) is 9.57. The molecule has 5 heteroatoms. The molecule has 4 nitrogen and oxygen atoms in total. The van der Waals surface area contributed by atoms with Crippen molar-refractivity contribution in [3.63, 3.8) is 0 Å². The Labute approximate surface area is 125 Å². The fourth-order valence-corrected chi connectivity index (χ4v) is 3.33. The number of amides is 1. The summed E-state index contributed by atoms with van der Waals surface area (Å²) in [4.78, 5) is 16.4. The Hall–Kier alpha value is -0.940. The molecule has 1 aromatic heterocycles. The van der Waals surface area contributed by atoms with Crippen LogP contribution in [0.3, 0.4) is 0 Å². The van der Waals surface area contributed by atoms with Gasteiger partial charge in [-0.15, -0.1) is 11.3 Å². The highest BCUT2D eigenvalue weighted by molar-refractivity contribution is 7.09. The van der Waals surface area contributed by atoms with Crippen LogP contribution in [0.15, 0.2) is 5.38 Å². The number of carbonyl (C=O) groups excluding carboxylic acids is 1. The first kappa shape index (κ1) is 15.4. The highest BCUT2D eigenvalue weighted by Crippen LogP contribution is 2.23. The number of hydrogen-bond donors (Lipinski definition) is 2. The second-order valence-corrected chi connectivity index (χ2v) is 7.42. The third kappa shape index (κ3) is 4.56. The van der Waals surface area contributed by atoms with Crippen LogP contribution in [0, 0.1) is 0 Å². The van der Waals surface area contributed by atoms with Gasteiger partial charge in [0, 0.05) is 36.2 Å². The van der Waals surface area contributed by atoms with Crippen LogP contribution in [0.5, 0.6) is 0 Å². The van der Waals surface area contributed by atoms with E-state index < -0.39 is 0 Å². The Kier molecular flexibility index (Phi) is 5.16. The molecule has 2 heterocycles. The van der Waals surface area contributed by atoms with Crippen LogP contribution >= 0.6 is 11.3 Å². The van der Waals surface area contributed by atoms with Gasteiger partial charge in [-0.1, -0.05) is 20.8 Å². The zero-order chi connectivity index (χ0) is 14.6. The zero-order valence-corrected chi connectivity index (χ0v) is 13.5. The van der Waals surface area contributed by atoms with E-state index in [4.69, 9.17) is 0 Å². The van der Waals surface area contributed by atoms with Crippen molar-refractivity contribution in [2.45, 2.75) is 57.9 Å². The quantitative estimate of drug-likeness (QED) is 0.876. The number of carbonyl (C=O) groups is 1. The van der Waals surface area contributed by atoms with Gasteiger partial charge in [0.1, 0.15) is 0 Å². The normalized spacial score (nSPS) is 19.2. The zero-order valence-electron chi connectivity index (χ0n) is 12.7. The monoisotopic (exact) mass is 295 g/mol. The first-order valence-electron chi connectivity index (χ1n) is 7.40. The Balaban J connectivity index is 1.70. The van der Waals surface area contributed by atoms with Crippen molar-refractivity contribution >= 4 is 17.2 Å². The van der Waals surface area contributed by atoms with Crippen molar-refractivity contribution in [3.8, 4) is 0 Å².